The van der Waals surface area contributed by atoms with E-state index in [9.17, 15) is 4.79 Å². The summed E-state index contributed by atoms with van der Waals surface area (Å²) in [6.45, 7) is 2.68. The molecule has 120 valence electrons. The Morgan fingerprint density at radius 1 is 1.17 bits per heavy atom. The summed E-state index contributed by atoms with van der Waals surface area (Å²) in [4.78, 5) is 19.0. The summed E-state index contributed by atoms with van der Waals surface area (Å²) < 4.78 is 5.34. The van der Waals surface area contributed by atoms with Crippen molar-refractivity contribution in [3.8, 4) is 0 Å². The molecule has 1 N–H and O–H groups in total. The fraction of sp³-hybridized carbons (Fsp3) is 0.250. The Balaban J connectivity index is 1.83. The highest BCUT2D eigenvalue weighted by Gasteiger charge is 2.20. The SMILES string of the molecule is O=C(Nc1ccc(Cl)c(Cl)c1)c1cccnc1N1CCOCC1. The van der Waals surface area contributed by atoms with Gasteiger partial charge in [-0.3, -0.25) is 4.79 Å². The van der Waals surface area contributed by atoms with E-state index in [2.05, 4.69) is 10.3 Å². The number of pyridine rings is 1. The third kappa shape index (κ3) is 3.75. The van der Waals surface area contributed by atoms with Crippen molar-refractivity contribution in [2.45, 2.75) is 0 Å². The number of hydrogen-bond donors (Lipinski definition) is 1. The Morgan fingerprint density at radius 2 is 1.96 bits per heavy atom. The molecule has 5 nitrogen and oxygen atoms in total. The van der Waals surface area contributed by atoms with Gasteiger partial charge in [-0.1, -0.05) is 23.2 Å². The Hall–Kier alpha value is -1.82. The molecule has 0 spiro atoms. The van der Waals surface area contributed by atoms with Crippen LogP contribution in [0.25, 0.3) is 0 Å². The number of rotatable bonds is 3. The Bertz CT molecular complexity index is 718. The number of halogens is 2. The highest BCUT2D eigenvalue weighted by molar-refractivity contribution is 6.42. The maximum Gasteiger partial charge on any atom is 0.259 e. The predicted molar refractivity (Wildman–Crippen MR) is 91.7 cm³/mol. The number of ether oxygens (including phenoxy) is 1. The molecule has 2 aromatic rings. The van der Waals surface area contributed by atoms with Crippen LogP contribution in [0.4, 0.5) is 11.5 Å². The molecule has 1 aromatic carbocycles. The molecule has 0 bridgehead atoms. The number of benzene rings is 1. The van der Waals surface area contributed by atoms with E-state index in [-0.39, 0.29) is 5.91 Å². The van der Waals surface area contributed by atoms with Crippen molar-refractivity contribution in [2.24, 2.45) is 0 Å². The smallest absolute Gasteiger partial charge is 0.259 e. The molecule has 1 amide bonds. The zero-order chi connectivity index (χ0) is 16.2. The molecule has 1 fully saturated rings. The third-order valence-electron chi connectivity index (χ3n) is 3.52. The summed E-state index contributed by atoms with van der Waals surface area (Å²) in [5.74, 6) is 0.423. The van der Waals surface area contributed by atoms with Crippen molar-refractivity contribution in [2.75, 3.05) is 36.5 Å². The van der Waals surface area contributed by atoms with Gasteiger partial charge in [-0.15, -0.1) is 0 Å². The monoisotopic (exact) mass is 351 g/mol. The molecule has 0 saturated carbocycles. The maximum atomic E-state index is 12.6. The number of nitrogens with one attached hydrogen (secondary N) is 1. The van der Waals surface area contributed by atoms with E-state index < -0.39 is 0 Å². The largest absolute Gasteiger partial charge is 0.378 e. The lowest BCUT2D eigenvalue weighted by Crippen LogP contribution is -2.38. The zero-order valence-corrected chi connectivity index (χ0v) is 13.8. The first-order chi connectivity index (χ1) is 11.1. The van der Waals surface area contributed by atoms with Crippen LogP contribution in [-0.4, -0.2) is 37.2 Å². The van der Waals surface area contributed by atoms with Crippen LogP contribution in [0.1, 0.15) is 10.4 Å². The minimum atomic E-state index is -0.238. The van der Waals surface area contributed by atoms with E-state index in [0.29, 0.717) is 53.4 Å². The molecule has 0 atom stereocenters. The normalized spacial score (nSPS) is 14.6. The molecule has 7 heteroatoms. The van der Waals surface area contributed by atoms with Crippen LogP contribution < -0.4 is 10.2 Å². The fourth-order valence-electron chi connectivity index (χ4n) is 2.37. The lowest BCUT2D eigenvalue weighted by molar-refractivity contribution is 0.102. The van der Waals surface area contributed by atoms with Crippen molar-refractivity contribution in [1.82, 2.24) is 4.98 Å². The minimum absolute atomic E-state index is 0.238. The second-order valence-corrected chi connectivity index (χ2v) is 5.87. The molecular formula is C16H15Cl2N3O2. The molecule has 0 unspecified atom stereocenters. The van der Waals surface area contributed by atoms with Gasteiger partial charge in [0.2, 0.25) is 0 Å². The van der Waals surface area contributed by atoms with Crippen molar-refractivity contribution < 1.29 is 9.53 Å². The Kier molecular flexibility index (Phi) is 5.00. The number of amides is 1. The van der Waals surface area contributed by atoms with Crippen LogP contribution in [0.5, 0.6) is 0 Å². The van der Waals surface area contributed by atoms with Crippen molar-refractivity contribution in [1.29, 1.82) is 0 Å². The van der Waals surface area contributed by atoms with Gasteiger partial charge < -0.3 is 15.0 Å². The molecule has 1 aliphatic heterocycles. The predicted octanol–water partition coefficient (Wildman–Crippen LogP) is 3.48. The number of nitrogens with zero attached hydrogens (tertiary/aromatic N) is 2. The average Bonchev–Trinajstić information content (AvgIpc) is 2.59. The summed E-state index contributed by atoms with van der Waals surface area (Å²) in [5.41, 5.74) is 1.10. The lowest BCUT2D eigenvalue weighted by Gasteiger charge is -2.29. The molecule has 2 heterocycles. The average molecular weight is 352 g/mol. The number of morpholine rings is 1. The highest BCUT2D eigenvalue weighted by atomic mass is 35.5. The molecule has 1 aliphatic rings. The summed E-state index contributed by atoms with van der Waals surface area (Å²) in [7, 11) is 0. The van der Waals surface area contributed by atoms with Crippen molar-refractivity contribution in [3.63, 3.8) is 0 Å². The molecule has 1 aromatic heterocycles. The van der Waals surface area contributed by atoms with Gasteiger partial charge in [0.25, 0.3) is 5.91 Å². The van der Waals surface area contributed by atoms with Gasteiger partial charge in [-0.05, 0) is 30.3 Å². The molecule has 0 aliphatic carbocycles. The quantitative estimate of drug-likeness (QED) is 0.919. The standard InChI is InChI=1S/C16H15Cl2N3O2/c17-13-4-3-11(10-14(13)18)20-16(22)12-2-1-5-19-15(12)21-6-8-23-9-7-21/h1-5,10H,6-9H2,(H,20,22). The molecule has 1 saturated heterocycles. The highest BCUT2D eigenvalue weighted by Crippen LogP contribution is 2.26. The van der Waals surface area contributed by atoms with Crippen LogP contribution >= 0.6 is 23.2 Å². The number of carbonyl (C=O) groups excluding carboxylic acids is 1. The Morgan fingerprint density at radius 3 is 2.70 bits per heavy atom. The topological polar surface area (TPSA) is 54.5 Å². The zero-order valence-electron chi connectivity index (χ0n) is 12.3. The summed E-state index contributed by atoms with van der Waals surface area (Å²) >= 11 is 11.9. The van der Waals surface area contributed by atoms with E-state index in [4.69, 9.17) is 27.9 Å². The van der Waals surface area contributed by atoms with Gasteiger partial charge in [0.1, 0.15) is 5.82 Å². The first-order valence-corrected chi connectivity index (χ1v) is 7.95. The minimum Gasteiger partial charge on any atom is -0.378 e. The van der Waals surface area contributed by atoms with E-state index in [1.807, 2.05) is 4.90 Å². The molecule has 3 rings (SSSR count). The van der Waals surface area contributed by atoms with Crippen LogP contribution in [0.15, 0.2) is 36.5 Å². The second kappa shape index (κ2) is 7.17. The summed E-state index contributed by atoms with van der Waals surface area (Å²) in [6.07, 6.45) is 1.68. The second-order valence-electron chi connectivity index (χ2n) is 5.06. The third-order valence-corrected chi connectivity index (χ3v) is 4.26. The Labute approximate surface area is 144 Å². The fourth-order valence-corrected chi connectivity index (χ4v) is 2.67. The van der Waals surface area contributed by atoms with Crippen molar-refractivity contribution in [3.05, 3.63) is 52.1 Å². The number of hydrogen-bond acceptors (Lipinski definition) is 4. The molecule has 23 heavy (non-hydrogen) atoms. The van der Waals surface area contributed by atoms with E-state index in [1.54, 1.807) is 36.5 Å². The van der Waals surface area contributed by atoms with Gasteiger partial charge >= 0.3 is 0 Å². The molecule has 0 radical (unpaired) electrons. The number of aromatic nitrogens is 1. The van der Waals surface area contributed by atoms with E-state index >= 15 is 0 Å². The number of anilines is 2. The van der Waals surface area contributed by atoms with E-state index in [1.165, 1.54) is 0 Å². The number of carbonyl (C=O) groups is 1. The van der Waals surface area contributed by atoms with Crippen LogP contribution in [0.2, 0.25) is 10.0 Å². The van der Waals surface area contributed by atoms with Crippen LogP contribution in [0.3, 0.4) is 0 Å². The lowest BCUT2D eigenvalue weighted by atomic mass is 10.2. The first kappa shape index (κ1) is 16.1. The summed E-state index contributed by atoms with van der Waals surface area (Å²) in [6, 6.07) is 8.47. The summed E-state index contributed by atoms with van der Waals surface area (Å²) in [5, 5.41) is 3.66. The van der Waals surface area contributed by atoms with Gasteiger partial charge in [0.15, 0.2) is 0 Å². The van der Waals surface area contributed by atoms with Crippen LogP contribution in [-0.2, 0) is 4.74 Å². The van der Waals surface area contributed by atoms with Gasteiger partial charge in [-0.25, -0.2) is 4.98 Å². The van der Waals surface area contributed by atoms with Crippen molar-refractivity contribution >= 4 is 40.6 Å². The van der Waals surface area contributed by atoms with Gasteiger partial charge in [0, 0.05) is 25.0 Å². The van der Waals surface area contributed by atoms with Gasteiger partial charge in [0.05, 0.1) is 28.8 Å². The van der Waals surface area contributed by atoms with Gasteiger partial charge in [-0.2, -0.15) is 0 Å². The van der Waals surface area contributed by atoms with Crippen LogP contribution in [0, 0.1) is 0 Å². The van der Waals surface area contributed by atoms with E-state index in [0.717, 1.165) is 0 Å². The molecular weight excluding hydrogens is 337 g/mol. The maximum absolute atomic E-state index is 12.6. The first-order valence-electron chi connectivity index (χ1n) is 7.19.